The molecule has 25 heavy (non-hydrogen) atoms. The molecule has 6 heteroatoms. The highest BCUT2D eigenvalue weighted by molar-refractivity contribution is 6.31. The molecule has 0 saturated carbocycles. The maximum Gasteiger partial charge on any atom is 0.348 e. The second-order valence-electron chi connectivity index (χ2n) is 5.18. The summed E-state index contributed by atoms with van der Waals surface area (Å²) >= 11 is 5.85. The molecule has 0 atom stereocenters. The van der Waals surface area contributed by atoms with Crippen LogP contribution in [0.2, 0.25) is 5.02 Å². The Morgan fingerprint density at radius 3 is 2.32 bits per heavy atom. The van der Waals surface area contributed by atoms with E-state index in [0.29, 0.717) is 16.1 Å². The van der Waals surface area contributed by atoms with Crippen molar-refractivity contribution in [3.63, 3.8) is 0 Å². The Labute approximate surface area is 148 Å². The summed E-state index contributed by atoms with van der Waals surface area (Å²) in [7, 11) is 1.21. The third-order valence-electron chi connectivity index (χ3n) is 3.66. The molecular formula is C19H13ClO5. The number of ether oxygens (including phenoxy) is 2. The molecule has 0 fully saturated rings. The summed E-state index contributed by atoms with van der Waals surface area (Å²) in [5.74, 6) is -2.13. The fourth-order valence-corrected chi connectivity index (χ4v) is 2.62. The third kappa shape index (κ3) is 3.14. The van der Waals surface area contributed by atoms with Crippen LogP contribution in [0.5, 0.6) is 0 Å². The summed E-state index contributed by atoms with van der Waals surface area (Å²) in [6.07, 6.45) is 0. The minimum atomic E-state index is -0.757. The average Bonchev–Trinajstić information content (AvgIpc) is 2.91. The molecule has 2 aromatic rings. The Morgan fingerprint density at radius 2 is 1.72 bits per heavy atom. The van der Waals surface area contributed by atoms with Gasteiger partial charge < -0.3 is 14.6 Å². The summed E-state index contributed by atoms with van der Waals surface area (Å²) in [5.41, 5.74) is 0.821. The first-order valence-corrected chi connectivity index (χ1v) is 7.70. The number of hydrogen-bond donors (Lipinski definition) is 1. The van der Waals surface area contributed by atoms with Crippen molar-refractivity contribution in [2.24, 2.45) is 0 Å². The highest BCUT2D eigenvalue weighted by Crippen LogP contribution is 2.36. The van der Waals surface area contributed by atoms with Crippen LogP contribution in [0.15, 0.2) is 66.1 Å². The molecule has 0 aliphatic carbocycles. The number of esters is 2. The molecule has 1 aliphatic rings. The predicted molar refractivity (Wildman–Crippen MR) is 92.5 cm³/mol. The SMILES string of the molecule is COC(=O)/C(=C1/OC(=O)C(c2ccc(Cl)cc2)=C1O)c1ccccc1. The molecule has 126 valence electrons. The molecule has 0 unspecified atom stereocenters. The smallest absolute Gasteiger partial charge is 0.348 e. The van der Waals surface area contributed by atoms with E-state index in [2.05, 4.69) is 0 Å². The minimum Gasteiger partial charge on any atom is -0.504 e. The van der Waals surface area contributed by atoms with Gasteiger partial charge in [-0.05, 0) is 23.3 Å². The standard InChI is InChI=1S/C19H13ClO5/c1-24-18(22)15(11-5-3-2-4-6-11)17-16(21)14(19(23)25-17)12-7-9-13(20)10-8-12/h2-10,21H,1H3/b17-15+. The van der Waals surface area contributed by atoms with E-state index in [1.54, 1.807) is 54.6 Å². The molecule has 0 bridgehead atoms. The van der Waals surface area contributed by atoms with E-state index in [0.717, 1.165) is 0 Å². The Morgan fingerprint density at radius 1 is 1.08 bits per heavy atom. The lowest BCUT2D eigenvalue weighted by atomic mass is 10.0. The lowest BCUT2D eigenvalue weighted by Gasteiger charge is -2.09. The number of aliphatic hydroxyl groups excluding tert-OH is 1. The van der Waals surface area contributed by atoms with E-state index < -0.39 is 17.7 Å². The fraction of sp³-hybridized carbons (Fsp3) is 0.0526. The van der Waals surface area contributed by atoms with E-state index in [1.165, 1.54) is 7.11 Å². The largest absolute Gasteiger partial charge is 0.504 e. The molecule has 2 aromatic carbocycles. The molecule has 0 spiro atoms. The zero-order valence-corrected chi connectivity index (χ0v) is 13.9. The molecule has 1 N–H and O–H groups in total. The Hall–Kier alpha value is -3.05. The van der Waals surface area contributed by atoms with Crippen LogP contribution in [0.4, 0.5) is 0 Å². The number of hydrogen-bond acceptors (Lipinski definition) is 5. The third-order valence-corrected chi connectivity index (χ3v) is 3.91. The normalized spacial score (nSPS) is 15.8. The van der Waals surface area contributed by atoms with Gasteiger partial charge in [0.05, 0.1) is 7.11 Å². The van der Waals surface area contributed by atoms with Crippen LogP contribution >= 0.6 is 11.6 Å². The number of carbonyl (C=O) groups excluding carboxylic acids is 2. The Kier molecular flexibility index (Phi) is 4.59. The summed E-state index contributed by atoms with van der Waals surface area (Å²) < 4.78 is 9.97. The van der Waals surface area contributed by atoms with Gasteiger partial charge in [-0.2, -0.15) is 0 Å². The van der Waals surface area contributed by atoms with Gasteiger partial charge in [0.25, 0.3) is 0 Å². The van der Waals surface area contributed by atoms with E-state index in [4.69, 9.17) is 21.1 Å². The summed E-state index contributed by atoms with van der Waals surface area (Å²) in [5, 5.41) is 11.0. The second kappa shape index (κ2) is 6.83. The van der Waals surface area contributed by atoms with Crippen molar-refractivity contribution in [2.75, 3.05) is 7.11 Å². The molecule has 1 heterocycles. The van der Waals surface area contributed by atoms with Crippen LogP contribution in [0.3, 0.4) is 0 Å². The number of carbonyl (C=O) groups is 2. The van der Waals surface area contributed by atoms with Crippen molar-refractivity contribution in [3.8, 4) is 0 Å². The number of halogens is 1. The average molecular weight is 357 g/mol. The molecule has 0 amide bonds. The highest BCUT2D eigenvalue weighted by atomic mass is 35.5. The van der Waals surface area contributed by atoms with Crippen LogP contribution in [0.1, 0.15) is 11.1 Å². The molecule has 3 rings (SSSR count). The molecule has 0 radical (unpaired) electrons. The monoisotopic (exact) mass is 356 g/mol. The zero-order chi connectivity index (χ0) is 18.0. The first-order chi connectivity index (χ1) is 12.0. The van der Waals surface area contributed by atoms with E-state index in [-0.39, 0.29) is 16.9 Å². The predicted octanol–water partition coefficient (Wildman–Crippen LogP) is 3.75. The molecule has 5 nitrogen and oxygen atoms in total. The van der Waals surface area contributed by atoms with Crippen LogP contribution in [-0.4, -0.2) is 24.2 Å². The van der Waals surface area contributed by atoms with Crippen LogP contribution in [-0.2, 0) is 19.1 Å². The van der Waals surface area contributed by atoms with Gasteiger partial charge in [0.15, 0.2) is 11.5 Å². The molecule has 0 aromatic heterocycles. The van der Waals surface area contributed by atoms with Gasteiger partial charge in [-0.3, -0.25) is 0 Å². The van der Waals surface area contributed by atoms with E-state index >= 15 is 0 Å². The maximum absolute atomic E-state index is 12.3. The number of aliphatic hydroxyl groups is 1. The molecule has 0 saturated heterocycles. The second-order valence-corrected chi connectivity index (χ2v) is 5.62. The van der Waals surface area contributed by atoms with Gasteiger partial charge >= 0.3 is 11.9 Å². The number of benzene rings is 2. The topological polar surface area (TPSA) is 72.8 Å². The molecule has 1 aliphatic heterocycles. The van der Waals surface area contributed by atoms with Crippen molar-refractivity contribution in [1.29, 1.82) is 0 Å². The van der Waals surface area contributed by atoms with Gasteiger partial charge in [-0.25, -0.2) is 9.59 Å². The quantitative estimate of drug-likeness (QED) is 0.669. The van der Waals surface area contributed by atoms with Gasteiger partial charge in [0, 0.05) is 5.02 Å². The van der Waals surface area contributed by atoms with Crippen LogP contribution < -0.4 is 0 Å². The first-order valence-electron chi connectivity index (χ1n) is 7.32. The van der Waals surface area contributed by atoms with Crippen molar-refractivity contribution < 1.29 is 24.2 Å². The lowest BCUT2D eigenvalue weighted by molar-refractivity contribution is -0.134. The van der Waals surface area contributed by atoms with Gasteiger partial charge in [0.1, 0.15) is 11.1 Å². The summed E-state index contributed by atoms with van der Waals surface area (Å²) in [4.78, 5) is 24.5. The van der Waals surface area contributed by atoms with Crippen LogP contribution in [0.25, 0.3) is 11.1 Å². The number of rotatable bonds is 3. The first kappa shape index (κ1) is 16.8. The van der Waals surface area contributed by atoms with E-state index in [1.807, 2.05) is 0 Å². The zero-order valence-electron chi connectivity index (χ0n) is 13.2. The van der Waals surface area contributed by atoms with Crippen molar-refractivity contribution >= 4 is 34.7 Å². The lowest BCUT2D eigenvalue weighted by Crippen LogP contribution is -2.09. The van der Waals surface area contributed by atoms with E-state index in [9.17, 15) is 14.7 Å². The van der Waals surface area contributed by atoms with Crippen LogP contribution in [0, 0.1) is 0 Å². The number of cyclic esters (lactones) is 1. The fourth-order valence-electron chi connectivity index (χ4n) is 2.49. The van der Waals surface area contributed by atoms with Gasteiger partial charge in [-0.15, -0.1) is 0 Å². The maximum atomic E-state index is 12.3. The van der Waals surface area contributed by atoms with Crippen molar-refractivity contribution in [3.05, 3.63) is 82.3 Å². The minimum absolute atomic E-state index is 0.0297. The Bertz CT molecular complexity index is 895. The number of methoxy groups -OCH3 is 1. The summed E-state index contributed by atoms with van der Waals surface area (Å²) in [6, 6.07) is 14.9. The van der Waals surface area contributed by atoms with Gasteiger partial charge in [0.2, 0.25) is 0 Å². The van der Waals surface area contributed by atoms with Gasteiger partial charge in [-0.1, -0.05) is 54.1 Å². The van der Waals surface area contributed by atoms with Crippen molar-refractivity contribution in [2.45, 2.75) is 0 Å². The Balaban J connectivity index is 2.20. The molecular weight excluding hydrogens is 344 g/mol. The summed E-state index contributed by atoms with van der Waals surface area (Å²) in [6.45, 7) is 0. The highest BCUT2D eigenvalue weighted by Gasteiger charge is 2.36. The van der Waals surface area contributed by atoms with Crippen molar-refractivity contribution in [1.82, 2.24) is 0 Å².